The van der Waals surface area contributed by atoms with E-state index in [0.29, 0.717) is 23.7 Å². The van der Waals surface area contributed by atoms with Gasteiger partial charge in [-0.2, -0.15) is 0 Å². The second-order valence-corrected chi connectivity index (χ2v) is 6.83. The summed E-state index contributed by atoms with van der Waals surface area (Å²) in [6.45, 7) is 0.429. The number of ketones is 1. The predicted octanol–water partition coefficient (Wildman–Crippen LogP) is 3.27. The molecule has 0 unspecified atom stereocenters. The number of nitrogens with zero attached hydrogens (tertiary/aromatic N) is 1. The van der Waals surface area contributed by atoms with E-state index in [1.54, 1.807) is 22.8 Å². The van der Waals surface area contributed by atoms with Crippen LogP contribution < -0.4 is 10.2 Å². The van der Waals surface area contributed by atoms with Crippen LogP contribution in [0.3, 0.4) is 0 Å². The van der Waals surface area contributed by atoms with Crippen molar-refractivity contribution in [2.75, 3.05) is 0 Å². The Morgan fingerprint density at radius 1 is 0.933 bits per heavy atom. The lowest BCUT2D eigenvalue weighted by Gasteiger charge is -2.14. The van der Waals surface area contributed by atoms with Crippen LogP contribution in [0.5, 0.6) is 5.75 Å². The van der Waals surface area contributed by atoms with E-state index in [2.05, 4.69) is 6.07 Å². The maximum absolute atomic E-state index is 12.8. The molecule has 3 aromatic carbocycles. The first kappa shape index (κ1) is 19.3. The van der Waals surface area contributed by atoms with Gasteiger partial charge in [-0.25, -0.2) is 4.79 Å². The Kier molecular flexibility index (Phi) is 5.22. The van der Waals surface area contributed by atoms with Gasteiger partial charge < -0.3 is 14.1 Å². The van der Waals surface area contributed by atoms with Crippen molar-refractivity contribution in [3.05, 3.63) is 88.7 Å². The van der Waals surface area contributed by atoms with Crippen molar-refractivity contribution in [2.24, 2.45) is 0 Å². The predicted molar refractivity (Wildman–Crippen MR) is 113 cm³/mol. The molecular weight excluding hydrogens is 382 g/mol. The normalized spacial score (nSPS) is 10.8. The van der Waals surface area contributed by atoms with Crippen LogP contribution in [-0.2, 0) is 20.9 Å². The molecule has 0 aliphatic heterocycles. The molecule has 6 nitrogen and oxygen atoms in total. The molecule has 30 heavy (non-hydrogen) atoms. The summed E-state index contributed by atoms with van der Waals surface area (Å²) in [5.74, 6) is -2.48. The lowest BCUT2D eigenvalue weighted by atomic mass is 10.1. The number of aldehydes is 1. The quantitative estimate of drug-likeness (QED) is 0.215. The van der Waals surface area contributed by atoms with Crippen LogP contribution in [0.1, 0.15) is 12.0 Å². The number of pyridine rings is 1. The molecule has 148 valence electrons. The number of fused-ring (bicyclic) bond motifs is 2. The molecule has 0 N–H and O–H groups in total. The van der Waals surface area contributed by atoms with Gasteiger partial charge in [-0.1, -0.05) is 48.5 Å². The third-order valence-electron chi connectivity index (χ3n) is 4.82. The number of esters is 1. The molecule has 0 aliphatic carbocycles. The minimum absolute atomic E-state index is 0.251. The molecule has 6 heteroatoms. The van der Waals surface area contributed by atoms with E-state index in [-0.39, 0.29) is 5.75 Å². The number of carbonyl (C=O) groups excluding carboxylic acids is 3. The number of para-hydroxylation sites is 1. The average Bonchev–Trinajstić information content (AvgIpc) is 2.77. The van der Waals surface area contributed by atoms with E-state index in [1.165, 1.54) is 6.20 Å². The van der Waals surface area contributed by atoms with E-state index < -0.39 is 23.6 Å². The van der Waals surface area contributed by atoms with Crippen LogP contribution in [-0.4, -0.2) is 22.6 Å². The first-order chi connectivity index (χ1) is 14.6. The number of benzene rings is 3. The Morgan fingerprint density at radius 2 is 1.67 bits per heavy atom. The van der Waals surface area contributed by atoms with E-state index in [0.717, 1.165) is 16.3 Å². The van der Waals surface area contributed by atoms with Crippen molar-refractivity contribution in [1.82, 2.24) is 4.57 Å². The first-order valence-corrected chi connectivity index (χ1v) is 9.35. The summed E-state index contributed by atoms with van der Waals surface area (Å²) in [4.78, 5) is 46.8. The van der Waals surface area contributed by atoms with Crippen LogP contribution in [0, 0.1) is 0 Å². The van der Waals surface area contributed by atoms with E-state index >= 15 is 0 Å². The van der Waals surface area contributed by atoms with Gasteiger partial charge in [0.05, 0.1) is 18.1 Å². The SMILES string of the molecule is O=CCC(=O)C(=O)Oc1cn(Cc2ccc3ccccc3c2)c2ccccc2c1=O. The van der Waals surface area contributed by atoms with E-state index in [4.69, 9.17) is 4.74 Å². The van der Waals surface area contributed by atoms with Crippen molar-refractivity contribution in [3.63, 3.8) is 0 Å². The zero-order chi connectivity index (χ0) is 21.1. The second-order valence-electron chi connectivity index (χ2n) is 6.83. The van der Waals surface area contributed by atoms with Crippen LogP contribution in [0.25, 0.3) is 21.7 Å². The average molecular weight is 399 g/mol. The van der Waals surface area contributed by atoms with Gasteiger partial charge in [-0.05, 0) is 34.5 Å². The third kappa shape index (κ3) is 3.75. The van der Waals surface area contributed by atoms with Gasteiger partial charge in [0.15, 0.2) is 5.75 Å². The lowest BCUT2D eigenvalue weighted by Crippen LogP contribution is -2.24. The van der Waals surface area contributed by atoms with Crippen LogP contribution in [0.4, 0.5) is 0 Å². The maximum Gasteiger partial charge on any atom is 0.380 e. The summed E-state index contributed by atoms with van der Waals surface area (Å²) in [5.41, 5.74) is 1.18. The molecule has 1 aromatic heterocycles. The molecule has 0 saturated heterocycles. The number of aromatic nitrogens is 1. The van der Waals surface area contributed by atoms with E-state index in [9.17, 15) is 19.2 Å². The Bertz CT molecular complexity index is 1350. The Balaban J connectivity index is 1.77. The van der Waals surface area contributed by atoms with Gasteiger partial charge in [0.25, 0.3) is 0 Å². The molecule has 4 rings (SSSR count). The van der Waals surface area contributed by atoms with Crippen molar-refractivity contribution >= 4 is 39.7 Å². The highest BCUT2D eigenvalue weighted by atomic mass is 16.5. The van der Waals surface area contributed by atoms with Gasteiger partial charge in [-0.15, -0.1) is 0 Å². The summed E-state index contributed by atoms with van der Waals surface area (Å²) >= 11 is 0. The molecule has 0 saturated carbocycles. The molecule has 0 radical (unpaired) electrons. The highest BCUT2D eigenvalue weighted by Gasteiger charge is 2.19. The first-order valence-electron chi connectivity index (χ1n) is 9.35. The molecule has 0 bridgehead atoms. The summed E-state index contributed by atoms with van der Waals surface area (Å²) in [6, 6.07) is 21.0. The Morgan fingerprint density at radius 3 is 2.47 bits per heavy atom. The van der Waals surface area contributed by atoms with Crippen molar-refractivity contribution < 1.29 is 19.1 Å². The van der Waals surface area contributed by atoms with Crippen LogP contribution in [0.15, 0.2) is 77.7 Å². The Labute approximate surface area is 171 Å². The van der Waals surface area contributed by atoms with Crippen molar-refractivity contribution in [2.45, 2.75) is 13.0 Å². The fourth-order valence-electron chi connectivity index (χ4n) is 3.37. The minimum Gasteiger partial charge on any atom is -0.415 e. The number of rotatable bonds is 6. The molecule has 0 spiro atoms. The molecule has 0 aliphatic rings. The molecular formula is C24H17NO5. The van der Waals surface area contributed by atoms with Gasteiger partial charge in [-0.3, -0.25) is 9.59 Å². The number of Topliss-reactive ketones (excluding diaryl/α,β-unsaturated/α-hetero) is 1. The summed E-state index contributed by atoms with van der Waals surface area (Å²) in [6.07, 6.45) is 1.16. The second kappa shape index (κ2) is 8.13. The van der Waals surface area contributed by atoms with Gasteiger partial charge >= 0.3 is 5.97 Å². The molecule has 0 fully saturated rings. The topological polar surface area (TPSA) is 82.4 Å². The van der Waals surface area contributed by atoms with Crippen molar-refractivity contribution in [1.29, 1.82) is 0 Å². The number of hydrogen-bond acceptors (Lipinski definition) is 5. The van der Waals surface area contributed by atoms with Crippen molar-refractivity contribution in [3.8, 4) is 5.75 Å². The van der Waals surface area contributed by atoms with Crippen LogP contribution in [0.2, 0.25) is 0 Å². The standard InChI is InChI=1S/C24H17NO5/c26-12-11-21(27)24(29)30-22-15-25(20-8-4-3-7-19(20)23(22)28)14-16-9-10-17-5-1-2-6-18(17)13-16/h1-10,12-13,15H,11,14H2. The summed E-state index contributed by atoms with van der Waals surface area (Å²) in [7, 11) is 0. The fraction of sp³-hybridized carbons (Fsp3) is 0.0833. The minimum atomic E-state index is -1.23. The molecule has 0 amide bonds. The smallest absolute Gasteiger partial charge is 0.380 e. The molecule has 4 aromatic rings. The third-order valence-corrected chi connectivity index (χ3v) is 4.82. The van der Waals surface area contributed by atoms with E-state index in [1.807, 2.05) is 42.5 Å². The number of carbonyl (C=O) groups is 3. The number of ether oxygens (including phenoxy) is 1. The fourth-order valence-corrected chi connectivity index (χ4v) is 3.37. The van der Waals surface area contributed by atoms with Gasteiger partial charge in [0.1, 0.15) is 6.29 Å². The highest BCUT2D eigenvalue weighted by Crippen LogP contribution is 2.20. The van der Waals surface area contributed by atoms with Crippen LogP contribution >= 0.6 is 0 Å². The van der Waals surface area contributed by atoms with Gasteiger partial charge in [0.2, 0.25) is 11.2 Å². The lowest BCUT2D eigenvalue weighted by molar-refractivity contribution is -0.147. The Hall–Kier alpha value is -4.06. The number of hydrogen-bond donors (Lipinski definition) is 0. The monoisotopic (exact) mass is 399 g/mol. The molecule has 0 atom stereocenters. The highest BCUT2D eigenvalue weighted by molar-refractivity contribution is 6.36. The zero-order valence-corrected chi connectivity index (χ0v) is 15.9. The summed E-state index contributed by atoms with van der Waals surface area (Å²) < 4.78 is 6.83. The zero-order valence-electron chi connectivity index (χ0n) is 15.9. The molecule has 1 heterocycles. The largest absolute Gasteiger partial charge is 0.415 e. The van der Waals surface area contributed by atoms with Gasteiger partial charge in [0, 0.05) is 11.9 Å². The summed E-state index contributed by atoms with van der Waals surface area (Å²) in [5, 5.41) is 2.58. The maximum atomic E-state index is 12.8.